The van der Waals surface area contributed by atoms with E-state index in [-0.39, 0.29) is 6.42 Å². The third-order valence-corrected chi connectivity index (χ3v) is 1.13. The second-order valence-electron chi connectivity index (χ2n) is 2.06. The molecule has 0 amide bonds. The van der Waals surface area contributed by atoms with Gasteiger partial charge in [0.1, 0.15) is 18.6 Å². The van der Waals surface area contributed by atoms with Crippen LogP contribution < -0.4 is 0 Å². The van der Waals surface area contributed by atoms with E-state index in [0.29, 0.717) is 25.0 Å². The normalized spacial score (nSPS) is 17.2. The van der Waals surface area contributed by atoms with Crippen molar-refractivity contribution in [2.75, 3.05) is 13.2 Å². The quantitative estimate of drug-likeness (QED) is 0.561. The molecule has 0 aromatic rings. The maximum Gasteiger partial charge on any atom is 0.331 e. The van der Waals surface area contributed by atoms with Crippen molar-refractivity contribution in [2.24, 2.45) is 0 Å². The standard InChI is InChI=1S/C7H9NO4/c1-2-3-4-7(9)12-8-10-5-6-11-8/h1H,3-6H2. The minimum Gasteiger partial charge on any atom is -0.318 e. The molecule has 0 bridgehead atoms. The van der Waals surface area contributed by atoms with Crippen LogP contribution in [-0.4, -0.2) is 24.6 Å². The lowest BCUT2D eigenvalue weighted by atomic mass is 10.3. The van der Waals surface area contributed by atoms with Crippen LogP contribution in [0.1, 0.15) is 12.8 Å². The molecule has 0 aromatic heterocycles. The molecule has 1 aliphatic rings. The van der Waals surface area contributed by atoms with Gasteiger partial charge in [0.2, 0.25) is 0 Å². The third-order valence-electron chi connectivity index (χ3n) is 1.13. The summed E-state index contributed by atoms with van der Waals surface area (Å²) in [5.41, 5.74) is 0. The Balaban J connectivity index is 2.13. The zero-order valence-corrected chi connectivity index (χ0v) is 6.49. The number of terminal acetylenes is 1. The fourth-order valence-electron chi connectivity index (χ4n) is 0.617. The zero-order chi connectivity index (χ0) is 8.81. The molecule has 1 heterocycles. The van der Waals surface area contributed by atoms with E-state index in [1.807, 2.05) is 0 Å². The van der Waals surface area contributed by atoms with Gasteiger partial charge < -0.3 is 4.84 Å². The Morgan fingerprint density at radius 3 is 2.83 bits per heavy atom. The topological polar surface area (TPSA) is 48.0 Å². The Bertz CT molecular complexity index is 192. The van der Waals surface area contributed by atoms with Gasteiger partial charge in [0.15, 0.2) is 0 Å². The Morgan fingerprint density at radius 2 is 2.25 bits per heavy atom. The zero-order valence-electron chi connectivity index (χ0n) is 6.49. The van der Waals surface area contributed by atoms with Gasteiger partial charge in [-0.25, -0.2) is 9.68 Å². The van der Waals surface area contributed by atoms with Gasteiger partial charge in [0, 0.05) is 6.42 Å². The van der Waals surface area contributed by atoms with Crippen LogP contribution in [0.15, 0.2) is 0 Å². The highest BCUT2D eigenvalue weighted by atomic mass is 17.2. The maximum absolute atomic E-state index is 10.8. The predicted molar refractivity (Wildman–Crippen MR) is 37.9 cm³/mol. The van der Waals surface area contributed by atoms with E-state index in [4.69, 9.17) is 16.1 Å². The van der Waals surface area contributed by atoms with Gasteiger partial charge in [-0.1, -0.05) is 0 Å². The molecular formula is C7H9NO4. The highest BCUT2D eigenvalue weighted by molar-refractivity contribution is 5.69. The predicted octanol–water partition coefficient (Wildman–Crippen LogP) is 0.0368. The minimum absolute atomic E-state index is 0.166. The molecule has 66 valence electrons. The van der Waals surface area contributed by atoms with Crippen molar-refractivity contribution in [2.45, 2.75) is 12.8 Å². The number of hydrogen-bond acceptors (Lipinski definition) is 5. The third kappa shape index (κ3) is 2.88. The van der Waals surface area contributed by atoms with Gasteiger partial charge in [0.25, 0.3) is 0 Å². The summed E-state index contributed by atoms with van der Waals surface area (Å²) >= 11 is 0. The molecule has 0 aliphatic carbocycles. The van der Waals surface area contributed by atoms with Gasteiger partial charge in [-0.3, -0.25) is 4.79 Å². The molecule has 1 fully saturated rings. The molecular weight excluding hydrogens is 162 g/mol. The first-order valence-corrected chi connectivity index (χ1v) is 3.53. The monoisotopic (exact) mass is 171 g/mol. The fourth-order valence-corrected chi connectivity index (χ4v) is 0.617. The molecule has 0 radical (unpaired) electrons. The molecule has 0 saturated carbocycles. The SMILES string of the molecule is C#CCCC(=O)ON1OCCO1. The molecule has 1 saturated heterocycles. The Morgan fingerprint density at radius 1 is 1.58 bits per heavy atom. The average molecular weight is 171 g/mol. The van der Waals surface area contributed by atoms with Crippen molar-refractivity contribution in [3.05, 3.63) is 0 Å². The van der Waals surface area contributed by atoms with Gasteiger partial charge in [-0.05, 0) is 0 Å². The van der Waals surface area contributed by atoms with Crippen LogP contribution in [0.5, 0.6) is 0 Å². The van der Waals surface area contributed by atoms with Crippen LogP contribution in [0.3, 0.4) is 0 Å². The van der Waals surface area contributed by atoms with E-state index in [9.17, 15) is 4.79 Å². The second kappa shape index (κ2) is 4.72. The second-order valence-corrected chi connectivity index (χ2v) is 2.06. The Hall–Kier alpha value is -1.09. The summed E-state index contributed by atoms with van der Waals surface area (Å²) in [5, 5.41) is 0.707. The maximum atomic E-state index is 10.8. The fraction of sp³-hybridized carbons (Fsp3) is 0.571. The van der Waals surface area contributed by atoms with Crippen LogP contribution in [0.25, 0.3) is 0 Å². The van der Waals surface area contributed by atoms with E-state index in [1.165, 1.54) is 0 Å². The summed E-state index contributed by atoms with van der Waals surface area (Å²) in [4.78, 5) is 24.8. The van der Waals surface area contributed by atoms with E-state index < -0.39 is 5.97 Å². The average Bonchev–Trinajstić information content (AvgIpc) is 2.53. The van der Waals surface area contributed by atoms with E-state index in [1.54, 1.807) is 0 Å². The van der Waals surface area contributed by atoms with Crippen molar-refractivity contribution in [1.82, 2.24) is 5.39 Å². The first-order chi connectivity index (χ1) is 5.83. The first-order valence-electron chi connectivity index (χ1n) is 3.53. The molecule has 0 unspecified atom stereocenters. The van der Waals surface area contributed by atoms with Crippen LogP contribution in [0, 0.1) is 12.3 Å². The molecule has 12 heavy (non-hydrogen) atoms. The summed E-state index contributed by atoms with van der Waals surface area (Å²) in [7, 11) is 0. The van der Waals surface area contributed by atoms with Gasteiger partial charge in [0.05, 0.1) is 6.42 Å². The number of rotatable bonds is 3. The molecule has 0 aromatic carbocycles. The van der Waals surface area contributed by atoms with Crippen molar-refractivity contribution >= 4 is 5.97 Å². The highest BCUT2D eigenvalue weighted by Gasteiger charge is 2.18. The summed E-state index contributed by atoms with van der Waals surface area (Å²) in [6.45, 7) is 0.783. The first kappa shape index (κ1) is 9.00. The van der Waals surface area contributed by atoms with E-state index in [2.05, 4.69) is 10.8 Å². The minimum atomic E-state index is -0.463. The molecule has 5 nitrogen and oxygen atoms in total. The van der Waals surface area contributed by atoms with Gasteiger partial charge in [-0.15, -0.1) is 12.3 Å². The Labute approximate surface area is 70.0 Å². The molecule has 0 spiro atoms. The van der Waals surface area contributed by atoms with Gasteiger partial charge in [-0.2, -0.15) is 0 Å². The van der Waals surface area contributed by atoms with Gasteiger partial charge >= 0.3 is 5.97 Å². The molecule has 1 aliphatic heterocycles. The molecule has 1 rings (SSSR count). The summed E-state index contributed by atoms with van der Waals surface area (Å²) in [5.74, 6) is 1.86. The van der Waals surface area contributed by atoms with Crippen molar-refractivity contribution in [3.8, 4) is 12.3 Å². The number of hydrogen-bond donors (Lipinski definition) is 0. The number of carbonyl (C=O) groups is 1. The van der Waals surface area contributed by atoms with E-state index >= 15 is 0 Å². The lowest BCUT2D eigenvalue weighted by Crippen LogP contribution is -2.21. The van der Waals surface area contributed by atoms with Crippen LogP contribution in [-0.2, 0) is 19.3 Å². The molecule has 5 heteroatoms. The molecule has 0 atom stereocenters. The smallest absolute Gasteiger partial charge is 0.318 e. The summed E-state index contributed by atoms with van der Waals surface area (Å²) in [6, 6.07) is 0. The van der Waals surface area contributed by atoms with E-state index in [0.717, 1.165) is 0 Å². The largest absolute Gasteiger partial charge is 0.331 e. The van der Waals surface area contributed by atoms with Crippen LogP contribution in [0.4, 0.5) is 0 Å². The van der Waals surface area contributed by atoms with Crippen LogP contribution >= 0.6 is 0 Å². The number of nitrogens with zero attached hydrogens (tertiary/aromatic N) is 1. The molecule has 0 N–H and O–H groups in total. The van der Waals surface area contributed by atoms with Crippen molar-refractivity contribution in [1.29, 1.82) is 0 Å². The van der Waals surface area contributed by atoms with Crippen LogP contribution in [0.2, 0.25) is 0 Å². The lowest BCUT2D eigenvalue weighted by Gasteiger charge is -2.09. The Kier molecular flexibility index (Phi) is 3.54. The summed E-state index contributed by atoms with van der Waals surface area (Å²) < 4.78 is 0. The summed E-state index contributed by atoms with van der Waals surface area (Å²) in [6.07, 6.45) is 5.47. The van der Waals surface area contributed by atoms with Crippen molar-refractivity contribution in [3.63, 3.8) is 0 Å². The highest BCUT2D eigenvalue weighted by Crippen LogP contribution is 2.04. The van der Waals surface area contributed by atoms with Crippen molar-refractivity contribution < 1.29 is 19.3 Å². The lowest BCUT2D eigenvalue weighted by molar-refractivity contribution is -0.460. The number of carbonyl (C=O) groups excluding carboxylic acids is 1.